The highest BCUT2D eigenvalue weighted by Gasteiger charge is 2.38. The molecule has 226 valence electrons. The standard InChI is InChI=1S/C29H26F3N3O7S/c1-43(38,39)35(15-29(31,32)14-33)23-13-24-22(12-21(23)16-2-3-16)25(27(36)42-28(34)37)26(41-24)17-4-8-19(9-5-17)40-20-10-6-18(30)7-11-20/h4-13,16H,2-3,14-15,33H2,1H3,(H2,34,37). The van der Waals surface area contributed by atoms with Crippen molar-refractivity contribution in [1.82, 2.24) is 0 Å². The van der Waals surface area contributed by atoms with Crippen molar-refractivity contribution < 1.29 is 45.1 Å². The number of furan rings is 1. The summed E-state index contributed by atoms with van der Waals surface area (Å²) in [6.07, 6.45) is 0.758. The summed E-state index contributed by atoms with van der Waals surface area (Å²) in [5.74, 6) is -4.56. The molecule has 5 rings (SSSR count). The molecular weight excluding hydrogens is 591 g/mol. The summed E-state index contributed by atoms with van der Waals surface area (Å²) in [6.45, 7) is -2.28. The maximum Gasteiger partial charge on any atom is 0.412 e. The maximum absolute atomic E-state index is 14.4. The van der Waals surface area contributed by atoms with Gasteiger partial charge < -0.3 is 25.4 Å². The molecule has 4 aromatic rings. The molecule has 0 aliphatic heterocycles. The third kappa shape index (κ3) is 6.60. The molecule has 1 aliphatic carbocycles. The molecule has 0 unspecified atom stereocenters. The molecule has 4 N–H and O–H groups in total. The van der Waals surface area contributed by atoms with Gasteiger partial charge in [0.25, 0.3) is 5.92 Å². The summed E-state index contributed by atoms with van der Waals surface area (Å²) in [5, 5.41) is 0.164. The van der Waals surface area contributed by atoms with Crippen LogP contribution in [0.4, 0.5) is 23.7 Å². The topological polar surface area (TPSA) is 155 Å². The Morgan fingerprint density at radius 2 is 1.65 bits per heavy atom. The number of carbonyl (C=O) groups excluding carboxylic acids is 2. The van der Waals surface area contributed by atoms with Crippen molar-refractivity contribution in [2.24, 2.45) is 11.5 Å². The second-order valence-electron chi connectivity index (χ2n) is 10.1. The van der Waals surface area contributed by atoms with E-state index < -0.39 is 46.9 Å². The van der Waals surface area contributed by atoms with Crippen molar-refractivity contribution in [3.8, 4) is 22.8 Å². The number of esters is 1. The first kappa shape index (κ1) is 29.9. The number of nitrogens with zero attached hydrogens (tertiary/aromatic N) is 1. The molecule has 1 fully saturated rings. The number of hydrogen-bond donors (Lipinski definition) is 2. The zero-order chi connectivity index (χ0) is 31.1. The number of alkyl halides is 2. The lowest BCUT2D eigenvalue weighted by molar-refractivity contribution is 0.0220. The van der Waals surface area contributed by atoms with Crippen LogP contribution in [0.3, 0.4) is 0 Å². The molecule has 1 amide bonds. The van der Waals surface area contributed by atoms with E-state index in [9.17, 15) is 31.2 Å². The summed E-state index contributed by atoms with van der Waals surface area (Å²) < 4.78 is 84.4. The molecule has 0 atom stereocenters. The minimum atomic E-state index is -4.21. The summed E-state index contributed by atoms with van der Waals surface area (Å²) in [4.78, 5) is 24.6. The lowest BCUT2D eigenvalue weighted by Crippen LogP contribution is -2.44. The predicted octanol–water partition coefficient (Wildman–Crippen LogP) is 5.50. The molecular formula is C29H26F3N3O7S. The first-order valence-corrected chi connectivity index (χ1v) is 14.8. The smallest absolute Gasteiger partial charge is 0.412 e. The van der Waals surface area contributed by atoms with Crippen LogP contribution < -0.4 is 20.5 Å². The van der Waals surface area contributed by atoms with Crippen molar-refractivity contribution in [3.05, 3.63) is 77.6 Å². The number of hydrogen-bond acceptors (Lipinski definition) is 8. The third-order valence-electron chi connectivity index (χ3n) is 6.76. The lowest BCUT2D eigenvalue weighted by Gasteiger charge is -2.28. The minimum Gasteiger partial charge on any atom is -0.457 e. The zero-order valence-corrected chi connectivity index (χ0v) is 23.5. The molecule has 1 saturated carbocycles. The van der Waals surface area contributed by atoms with Gasteiger partial charge in [-0.3, -0.25) is 4.31 Å². The Kier molecular flexibility index (Phi) is 7.84. The van der Waals surface area contributed by atoms with Crippen LogP contribution in [0, 0.1) is 5.82 Å². The van der Waals surface area contributed by atoms with Crippen LogP contribution in [-0.4, -0.2) is 45.7 Å². The summed E-state index contributed by atoms with van der Waals surface area (Å²) >= 11 is 0. The number of rotatable bonds is 10. The van der Waals surface area contributed by atoms with Gasteiger partial charge in [-0.25, -0.2) is 31.2 Å². The summed E-state index contributed by atoms with van der Waals surface area (Å²) in [7, 11) is -4.21. The van der Waals surface area contributed by atoms with Gasteiger partial charge in [0.15, 0.2) is 0 Å². The Hall–Kier alpha value is -4.56. The van der Waals surface area contributed by atoms with Crippen LogP contribution in [0.5, 0.6) is 11.5 Å². The zero-order valence-electron chi connectivity index (χ0n) is 22.7. The van der Waals surface area contributed by atoms with Crippen molar-refractivity contribution in [2.45, 2.75) is 24.7 Å². The van der Waals surface area contributed by atoms with Crippen LogP contribution in [-0.2, 0) is 14.8 Å². The summed E-state index contributed by atoms with van der Waals surface area (Å²) in [6, 6.07) is 14.3. The lowest BCUT2D eigenvalue weighted by atomic mass is 10.0. The van der Waals surface area contributed by atoms with Crippen LogP contribution in [0.15, 0.2) is 65.1 Å². The average molecular weight is 618 g/mol. The monoisotopic (exact) mass is 617 g/mol. The first-order chi connectivity index (χ1) is 20.3. The van der Waals surface area contributed by atoms with Crippen molar-refractivity contribution >= 4 is 38.7 Å². The fraction of sp³-hybridized carbons (Fsp3) is 0.241. The van der Waals surface area contributed by atoms with Gasteiger partial charge >= 0.3 is 12.1 Å². The van der Waals surface area contributed by atoms with Crippen molar-refractivity contribution in [1.29, 1.82) is 0 Å². The molecule has 10 nitrogen and oxygen atoms in total. The number of ether oxygens (including phenoxy) is 2. The van der Waals surface area contributed by atoms with Crippen molar-refractivity contribution in [2.75, 3.05) is 23.7 Å². The van der Waals surface area contributed by atoms with Crippen LogP contribution in [0.2, 0.25) is 0 Å². The minimum absolute atomic E-state index is 0.0258. The van der Waals surface area contributed by atoms with Crippen LogP contribution in [0.1, 0.15) is 34.7 Å². The Balaban J connectivity index is 1.64. The van der Waals surface area contributed by atoms with E-state index in [-0.39, 0.29) is 33.9 Å². The normalized spacial score (nSPS) is 13.6. The maximum atomic E-state index is 14.4. The molecule has 1 heterocycles. The molecule has 0 spiro atoms. The van der Waals surface area contributed by atoms with E-state index in [1.54, 1.807) is 24.3 Å². The molecule has 43 heavy (non-hydrogen) atoms. The van der Waals surface area contributed by atoms with Gasteiger partial charge in [0.2, 0.25) is 10.0 Å². The van der Waals surface area contributed by atoms with E-state index in [4.69, 9.17) is 20.6 Å². The Morgan fingerprint density at radius 3 is 2.19 bits per heavy atom. The van der Waals surface area contributed by atoms with Crippen LogP contribution >= 0.6 is 0 Å². The van der Waals surface area contributed by atoms with E-state index in [1.165, 1.54) is 36.4 Å². The highest BCUT2D eigenvalue weighted by atomic mass is 32.2. The highest BCUT2D eigenvalue weighted by Crippen LogP contribution is 2.48. The fourth-order valence-electron chi connectivity index (χ4n) is 4.60. The predicted molar refractivity (Wildman–Crippen MR) is 151 cm³/mol. The first-order valence-electron chi connectivity index (χ1n) is 13.0. The second-order valence-corrected chi connectivity index (χ2v) is 12.0. The fourth-order valence-corrected chi connectivity index (χ4v) is 5.54. The van der Waals surface area contributed by atoms with Gasteiger partial charge in [-0.2, -0.15) is 0 Å². The van der Waals surface area contributed by atoms with Gasteiger partial charge in [0.1, 0.15) is 34.2 Å². The number of halogens is 3. The molecule has 1 aliphatic rings. The van der Waals surface area contributed by atoms with E-state index in [1.807, 2.05) is 0 Å². The van der Waals surface area contributed by atoms with E-state index in [0.717, 1.165) is 6.26 Å². The SMILES string of the molecule is CS(=O)(=O)N(CC(F)(F)CN)c1cc2oc(-c3ccc(Oc4ccc(F)cc4)cc3)c(C(=O)OC(N)=O)c2cc1C1CC1. The number of carbonyl (C=O) groups is 2. The second kappa shape index (κ2) is 11.3. The third-order valence-corrected chi connectivity index (χ3v) is 7.89. The molecule has 0 saturated heterocycles. The van der Waals surface area contributed by atoms with Crippen LogP contribution in [0.25, 0.3) is 22.3 Å². The van der Waals surface area contributed by atoms with E-state index >= 15 is 0 Å². The number of anilines is 1. The number of nitrogens with two attached hydrogens (primary N) is 2. The van der Waals surface area contributed by atoms with E-state index in [2.05, 4.69) is 4.74 Å². The largest absolute Gasteiger partial charge is 0.457 e. The van der Waals surface area contributed by atoms with Gasteiger partial charge in [0.05, 0.1) is 25.0 Å². The number of fused-ring (bicyclic) bond motifs is 1. The number of benzene rings is 3. The number of amides is 1. The Morgan fingerprint density at radius 1 is 1.05 bits per heavy atom. The van der Waals surface area contributed by atoms with Gasteiger partial charge in [-0.15, -0.1) is 0 Å². The quantitative estimate of drug-likeness (QED) is 0.175. The molecule has 3 aromatic carbocycles. The average Bonchev–Trinajstić information content (AvgIpc) is 3.72. The molecule has 14 heteroatoms. The Bertz CT molecular complexity index is 1800. The molecule has 0 bridgehead atoms. The van der Waals surface area contributed by atoms with Gasteiger partial charge in [-0.1, -0.05) is 0 Å². The van der Waals surface area contributed by atoms with Crippen molar-refractivity contribution in [3.63, 3.8) is 0 Å². The van der Waals surface area contributed by atoms with Gasteiger partial charge in [0, 0.05) is 17.0 Å². The Labute approximate surface area is 244 Å². The summed E-state index contributed by atoms with van der Waals surface area (Å²) in [5.41, 5.74) is 10.8. The number of sulfonamides is 1. The number of primary amides is 1. The van der Waals surface area contributed by atoms with Gasteiger partial charge in [-0.05, 0) is 78.9 Å². The van der Waals surface area contributed by atoms with E-state index in [0.29, 0.717) is 39.8 Å². The molecule has 1 aromatic heterocycles. The highest BCUT2D eigenvalue weighted by molar-refractivity contribution is 7.92. The molecule has 0 radical (unpaired) electrons.